The molecule has 0 fully saturated rings. The third-order valence-electron chi connectivity index (χ3n) is 4.05. The summed E-state index contributed by atoms with van der Waals surface area (Å²) in [5.41, 5.74) is 6.97. The fraction of sp³-hybridized carbons (Fsp3) is 0.333. The molecule has 2 aromatic carbocycles. The van der Waals surface area contributed by atoms with E-state index >= 15 is 0 Å². The van der Waals surface area contributed by atoms with E-state index < -0.39 is 0 Å². The minimum Gasteiger partial charge on any atom is -0.496 e. The smallest absolute Gasteiger partial charge is 0.122 e. The second kappa shape index (κ2) is 5.68. The molecule has 2 heteroatoms. The van der Waals surface area contributed by atoms with Gasteiger partial charge in [0.2, 0.25) is 0 Å². The van der Waals surface area contributed by atoms with E-state index in [9.17, 15) is 0 Å². The Morgan fingerprint density at radius 1 is 1.15 bits per heavy atom. The molecule has 0 aliphatic carbocycles. The van der Waals surface area contributed by atoms with Crippen molar-refractivity contribution in [3.8, 4) is 5.75 Å². The van der Waals surface area contributed by atoms with Crippen molar-refractivity contribution >= 4 is 0 Å². The third kappa shape index (κ3) is 2.56. The first-order valence-electron chi connectivity index (χ1n) is 7.22. The van der Waals surface area contributed by atoms with Crippen LogP contribution in [0.4, 0.5) is 0 Å². The summed E-state index contributed by atoms with van der Waals surface area (Å²) in [5, 5.41) is 3.44. The van der Waals surface area contributed by atoms with Crippen molar-refractivity contribution in [1.29, 1.82) is 0 Å². The van der Waals surface area contributed by atoms with Crippen LogP contribution in [-0.4, -0.2) is 13.7 Å². The van der Waals surface area contributed by atoms with Gasteiger partial charge < -0.3 is 10.1 Å². The summed E-state index contributed by atoms with van der Waals surface area (Å²) in [5.74, 6) is 0.988. The largest absolute Gasteiger partial charge is 0.496 e. The number of methoxy groups -OCH3 is 1. The lowest BCUT2D eigenvalue weighted by Gasteiger charge is -2.21. The van der Waals surface area contributed by atoms with Gasteiger partial charge in [-0.1, -0.05) is 35.9 Å². The Morgan fingerprint density at radius 3 is 2.90 bits per heavy atom. The summed E-state index contributed by atoms with van der Waals surface area (Å²) in [7, 11) is 1.75. The Balaban J connectivity index is 1.97. The van der Waals surface area contributed by atoms with Crippen molar-refractivity contribution in [2.75, 3.05) is 13.7 Å². The van der Waals surface area contributed by atoms with Crippen LogP contribution in [0.5, 0.6) is 5.75 Å². The third-order valence-corrected chi connectivity index (χ3v) is 4.05. The van der Waals surface area contributed by atoms with Crippen LogP contribution in [0.2, 0.25) is 0 Å². The molecule has 1 heterocycles. The Hall–Kier alpha value is -1.80. The molecule has 2 nitrogen and oxygen atoms in total. The lowest BCUT2D eigenvalue weighted by atomic mass is 9.91. The van der Waals surface area contributed by atoms with Crippen molar-refractivity contribution in [3.63, 3.8) is 0 Å². The minimum atomic E-state index is 0.952. The van der Waals surface area contributed by atoms with Gasteiger partial charge in [0.15, 0.2) is 0 Å². The fourth-order valence-electron chi connectivity index (χ4n) is 3.03. The van der Waals surface area contributed by atoms with Gasteiger partial charge in [-0.05, 0) is 48.2 Å². The lowest BCUT2D eigenvalue weighted by molar-refractivity contribution is 0.410. The number of nitrogens with one attached hydrogen (secondary N) is 1. The highest BCUT2D eigenvalue weighted by molar-refractivity contribution is 5.44. The zero-order chi connectivity index (χ0) is 13.9. The maximum Gasteiger partial charge on any atom is 0.122 e. The van der Waals surface area contributed by atoms with E-state index in [1.165, 1.54) is 27.8 Å². The molecule has 0 atom stereocenters. The van der Waals surface area contributed by atoms with Gasteiger partial charge >= 0.3 is 0 Å². The van der Waals surface area contributed by atoms with E-state index in [0.29, 0.717) is 0 Å². The average molecular weight is 267 g/mol. The molecule has 0 bridgehead atoms. The predicted molar refractivity (Wildman–Crippen MR) is 82.4 cm³/mol. The summed E-state index contributed by atoms with van der Waals surface area (Å²) < 4.78 is 5.50. The molecule has 3 rings (SSSR count). The Kier molecular flexibility index (Phi) is 3.75. The van der Waals surface area contributed by atoms with Gasteiger partial charge in [-0.25, -0.2) is 0 Å². The van der Waals surface area contributed by atoms with E-state index in [4.69, 9.17) is 4.74 Å². The van der Waals surface area contributed by atoms with Gasteiger partial charge in [0, 0.05) is 13.0 Å². The minimum absolute atomic E-state index is 0.952. The average Bonchev–Trinajstić information content (AvgIpc) is 2.48. The molecule has 0 saturated heterocycles. The second-order valence-electron chi connectivity index (χ2n) is 5.47. The molecule has 20 heavy (non-hydrogen) atoms. The summed E-state index contributed by atoms with van der Waals surface area (Å²) >= 11 is 0. The number of aryl methyl sites for hydroxylation is 1. The van der Waals surface area contributed by atoms with Crippen LogP contribution < -0.4 is 10.1 Å². The van der Waals surface area contributed by atoms with E-state index in [1.54, 1.807) is 7.11 Å². The highest BCUT2D eigenvalue weighted by Gasteiger charge is 2.14. The summed E-state index contributed by atoms with van der Waals surface area (Å²) in [6, 6.07) is 13.1. The van der Waals surface area contributed by atoms with E-state index in [2.05, 4.69) is 48.6 Å². The van der Waals surface area contributed by atoms with Crippen LogP contribution in [0.25, 0.3) is 0 Å². The number of ether oxygens (including phenoxy) is 1. The van der Waals surface area contributed by atoms with Crippen molar-refractivity contribution < 1.29 is 4.74 Å². The normalized spacial score (nSPS) is 13.9. The van der Waals surface area contributed by atoms with Crippen molar-refractivity contribution in [2.45, 2.75) is 26.3 Å². The van der Waals surface area contributed by atoms with Gasteiger partial charge in [0.05, 0.1) is 7.11 Å². The first-order valence-corrected chi connectivity index (χ1v) is 7.22. The van der Waals surface area contributed by atoms with Gasteiger partial charge in [0.25, 0.3) is 0 Å². The molecule has 1 aliphatic rings. The molecule has 0 aromatic heterocycles. The van der Waals surface area contributed by atoms with Gasteiger partial charge in [0.1, 0.15) is 5.75 Å². The Bertz CT molecular complexity index is 619. The maximum atomic E-state index is 5.50. The molecule has 0 unspecified atom stereocenters. The molecule has 104 valence electrons. The molecule has 0 amide bonds. The van der Waals surface area contributed by atoms with E-state index in [0.717, 1.165) is 31.7 Å². The first-order chi connectivity index (χ1) is 9.78. The molecule has 1 aliphatic heterocycles. The summed E-state index contributed by atoms with van der Waals surface area (Å²) in [6.45, 7) is 4.20. The van der Waals surface area contributed by atoms with Crippen molar-refractivity contribution in [2.24, 2.45) is 0 Å². The Labute approximate surface area is 120 Å². The molecule has 0 radical (unpaired) electrons. The number of fused-ring (bicyclic) bond motifs is 1. The van der Waals surface area contributed by atoms with Gasteiger partial charge in [-0.15, -0.1) is 0 Å². The molecule has 0 spiro atoms. The fourth-order valence-corrected chi connectivity index (χ4v) is 3.03. The maximum absolute atomic E-state index is 5.50. The van der Waals surface area contributed by atoms with Crippen LogP contribution >= 0.6 is 0 Å². The predicted octanol–water partition coefficient (Wildman–Crippen LogP) is 3.24. The molecular weight excluding hydrogens is 246 g/mol. The SMILES string of the molecule is COc1ccc(C)cc1Cc1cccc2c1CCNC2. The van der Waals surface area contributed by atoms with Crippen LogP contribution in [0.15, 0.2) is 36.4 Å². The quantitative estimate of drug-likeness (QED) is 0.922. The molecule has 2 aromatic rings. The van der Waals surface area contributed by atoms with Crippen LogP contribution in [0.3, 0.4) is 0 Å². The van der Waals surface area contributed by atoms with E-state index in [1.807, 2.05) is 0 Å². The van der Waals surface area contributed by atoms with Crippen molar-refractivity contribution in [1.82, 2.24) is 5.32 Å². The topological polar surface area (TPSA) is 21.3 Å². The van der Waals surface area contributed by atoms with Crippen LogP contribution in [0, 0.1) is 6.92 Å². The Morgan fingerprint density at radius 2 is 2.05 bits per heavy atom. The monoisotopic (exact) mass is 267 g/mol. The van der Waals surface area contributed by atoms with E-state index in [-0.39, 0.29) is 0 Å². The van der Waals surface area contributed by atoms with Crippen LogP contribution in [-0.2, 0) is 19.4 Å². The lowest BCUT2D eigenvalue weighted by Crippen LogP contribution is -2.24. The van der Waals surface area contributed by atoms with Crippen LogP contribution in [0.1, 0.15) is 27.8 Å². The number of hydrogen-bond acceptors (Lipinski definition) is 2. The van der Waals surface area contributed by atoms with Gasteiger partial charge in [-0.2, -0.15) is 0 Å². The molecule has 0 saturated carbocycles. The second-order valence-corrected chi connectivity index (χ2v) is 5.47. The summed E-state index contributed by atoms with van der Waals surface area (Å²) in [4.78, 5) is 0. The zero-order valence-corrected chi connectivity index (χ0v) is 12.2. The number of benzene rings is 2. The number of rotatable bonds is 3. The van der Waals surface area contributed by atoms with Crippen molar-refractivity contribution in [3.05, 3.63) is 64.2 Å². The summed E-state index contributed by atoms with van der Waals surface area (Å²) in [6.07, 6.45) is 2.08. The molecule has 1 N–H and O–H groups in total. The zero-order valence-electron chi connectivity index (χ0n) is 12.2. The first kappa shape index (κ1) is 13.2. The highest BCUT2D eigenvalue weighted by atomic mass is 16.5. The standard InChI is InChI=1S/C18H21NO/c1-13-6-7-18(20-2)16(10-13)11-14-4-3-5-15-12-19-9-8-17(14)15/h3-7,10,19H,8-9,11-12H2,1-2H3. The molecular formula is C18H21NO. The number of hydrogen-bond donors (Lipinski definition) is 1. The highest BCUT2D eigenvalue weighted by Crippen LogP contribution is 2.26. The van der Waals surface area contributed by atoms with Gasteiger partial charge in [-0.3, -0.25) is 0 Å².